The number of thiazole rings is 1. The van der Waals surface area contributed by atoms with Gasteiger partial charge in [-0.05, 0) is 75.5 Å². The second-order valence-electron chi connectivity index (χ2n) is 8.83. The molecule has 2 heterocycles. The van der Waals surface area contributed by atoms with E-state index in [1.165, 1.54) is 23.5 Å². The summed E-state index contributed by atoms with van der Waals surface area (Å²) in [6.45, 7) is 4.50. The summed E-state index contributed by atoms with van der Waals surface area (Å²) in [4.78, 5) is 25.6. The van der Waals surface area contributed by atoms with E-state index in [-0.39, 0.29) is 11.1 Å². The summed E-state index contributed by atoms with van der Waals surface area (Å²) in [5.41, 5.74) is 1.14. The number of carbonyl (C=O) groups excluding carboxylic acids is 1. The zero-order valence-corrected chi connectivity index (χ0v) is 23.4. The summed E-state index contributed by atoms with van der Waals surface area (Å²) in [7, 11) is 0. The van der Waals surface area contributed by atoms with Crippen LogP contribution in [-0.4, -0.2) is 47.9 Å². The first-order valence-electron chi connectivity index (χ1n) is 12.1. The zero-order chi connectivity index (χ0) is 29.4. The summed E-state index contributed by atoms with van der Waals surface area (Å²) in [5.74, 6) is -2.08. The largest absolute Gasteiger partial charge is 0.490 e. The molecule has 1 aliphatic heterocycles. The summed E-state index contributed by atoms with van der Waals surface area (Å²) >= 11 is 13.6. The van der Waals surface area contributed by atoms with Gasteiger partial charge in [0.05, 0.1) is 15.2 Å². The van der Waals surface area contributed by atoms with Crippen LogP contribution >= 0.6 is 34.5 Å². The van der Waals surface area contributed by atoms with Crippen LogP contribution in [0.4, 0.5) is 27.5 Å². The molecule has 4 N–H and O–H groups in total. The number of aliphatic carboxylic acids is 1. The van der Waals surface area contributed by atoms with Gasteiger partial charge in [-0.2, -0.15) is 13.2 Å². The normalized spacial score (nSPS) is 14.7. The van der Waals surface area contributed by atoms with Crippen molar-refractivity contribution in [1.29, 1.82) is 0 Å². The Morgan fingerprint density at radius 3 is 2.55 bits per heavy atom. The van der Waals surface area contributed by atoms with E-state index in [9.17, 15) is 22.4 Å². The molecule has 8 nitrogen and oxygen atoms in total. The van der Waals surface area contributed by atoms with Crippen molar-refractivity contribution in [3.05, 3.63) is 51.8 Å². The third kappa shape index (κ3) is 9.08. The number of rotatable bonds is 7. The van der Waals surface area contributed by atoms with E-state index in [2.05, 4.69) is 20.9 Å². The number of benzene rings is 2. The molecular weight excluding hydrogens is 599 g/mol. The number of ether oxygens (including phenoxy) is 1. The Bertz CT molecular complexity index is 1340. The Morgan fingerprint density at radius 2 is 1.90 bits per heavy atom. The quantitative estimate of drug-likeness (QED) is 0.166. The Kier molecular flexibility index (Phi) is 11.2. The van der Waals surface area contributed by atoms with Crippen molar-refractivity contribution >= 4 is 61.9 Å². The molecule has 1 fully saturated rings. The number of fused-ring (bicyclic) bond motifs is 1. The Labute approximate surface area is 241 Å². The highest BCUT2D eigenvalue weighted by atomic mass is 35.5. The maximum Gasteiger partial charge on any atom is 0.490 e. The van der Waals surface area contributed by atoms with Gasteiger partial charge in [-0.3, -0.25) is 5.32 Å². The third-order valence-electron chi connectivity index (χ3n) is 5.92. The van der Waals surface area contributed by atoms with Crippen molar-refractivity contribution in [3.8, 4) is 5.75 Å². The smallest absolute Gasteiger partial charge is 0.486 e. The molecule has 1 atom stereocenters. The number of anilines is 1. The maximum atomic E-state index is 13.9. The van der Waals surface area contributed by atoms with E-state index in [0.717, 1.165) is 42.6 Å². The molecule has 2 amide bonds. The Balaban J connectivity index is 0.000000559. The third-order valence-corrected chi connectivity index (χ3v) is 7.57. The van der Waals surface area contributed by atoms with E-state index in [4.69, 9.17) is 37.8 Å². The van der Waals surface area contributed by atoms with E-state index < -0.39 is 24.1 Å². The lowest BCUT2D eigenvalue weighted by molar-refractivity contribution is -0.192. The molecule has 15 heteroatoms. The SMILES string of the molecule is CC(Oc1ccc2nc(NC(=O)NCCC3CCNCC3)sc2c1)c1c(Cl)ccc(F)c1Cl.O=C(O)C(F)(F)F. The van der Waals surface area contributed by atoms with Crippen molar-refractivity contribution in [2.75, 3.05) is 25.0 Å². The van der Waals surface area contributed by atoms with E-state index >= 15 is 0 Å². The molecule has 4 rings (SSSR count). The average Bonchev–Trinajstić information content (AvgIpc) is 3.28. The van der Waals surface area contributed by atoms with Crippen molar-refractivity contribution in [2.24, 2.45) is 5.92 Å². The van der Waals surface area contributed by atoms with Crippen LogP contribution in [0.25, 0.3) is 10.2 Å². The average molecular weight is 625 g/mol. The van der Waals surface area contributed by atoms with Crippen LogP contribution in [0.15, 0.2) is 30.3 Å². The molecule has 1 aromatic heterocycles. The summed E-state index contributed by atoms with van der Waals surface area (Å²) in [5, 5.41) is 17.0. The van der Waals surface area contributed by atoms with Crippen LogP contribution in [0.2, 0.25) is 10.0 Å². The topological polar surface area (TPSA) is 113 Å². The molecule has 1 aliphatic rings. The van der Waals surface area contributed by atoms with Crippen molar-refractivity contribution in [1.82, 2.24) is 15.6 Å². The summed E-state index contributed by atoms with van der Waals surface area (Å²) in [6.07, 6.45) is -2.36. The fourth-order valence-corrected chi connectivity index (χ4v) is 5.48. The number of nitrogens with zero attached hydrogens (tertiary/aromatic N) is 1. The zero-order valence-electron chi connectivity index (χ0n) is 21.1. The minimum Gasteiger partial charge on any atom is -0.486 e. The number of halogens is 6. The molecule has 0 bridgehead atoms. The van der Waals surface area contributed by atoms with Crippen LogP contribution in [0, 0.1) is 11.7 Å². The molecule has 40 heavy (non-hydrogen) atoms. The number of carbonyl (C=O) groups is 2. The van der Waals surface area contributed by atoms with Crippen molar-refractivity contribution < 1.29 is 37.0 Å². The standard InChI is InChI=1S/C23H25Cl2FN4O2S.C2HF3O2/c1-13(20-16(24)3-4-17(26)21(20)25)32-15-2-5-18-19(12-15)33-23(29-18)30-22(31)28-11-8-14-6-9-27-10-7-14;3-2(4,5)1(6)7/h2-5,12-14,27H,6-11H2,1H3,(H2,28,29,30,31);(H,6,7). The van der Waals surface area contributed by atoms with Gasteiger partial charge >= 0.3 is 18.2 Å². The molecule has 0 radical (unpaired) electrons. The number of piperidine rings is 1. The minimum atomic E-state index is -5.08. The molecular formula is C25H26Cl2F4N4O4S. The Morgan fingerprint density at radius 1 is 1.23 bits per heavy atom. The van der Waals surface area contributed by atoms with Gasteiger partial charge in [0.1, 0.15) is 17.7 Å². The molecule has 1 unspecified atom stereocenters. The molecule has 2 aromatic carbocycles. The number of nitrogens with one attached hydrogen (secondary N) is 3. The van der Waals surface area contributed by atoms with Crippen molar-refractivity contribution in [3.63, 3.8) is 0 Å². The first-order valence-corrected chi connectivity index (χ1v) is 13.7. The number of hydrogen-bond acceptors (Lipinski definition) is 6. The lowest BCUT2D eigenvalue weighted by Crippen LogP contribution is -2.33. The predicted octanol–water partition coefficient (Wildman–Crippen LogP) is 7.03. The number of carboxylic acid groups (broad SMARTS) is 1. The number of aromatic nitrogens is 1. The van der Waals surface area contributed by atoms with Gasteiger partial charge in [-0.15, -0.1) is 0 Å². The number of carboxylic acids is 1. The molecule has 3 aromatic rings. The highest BCUT2D eigenvalue weighted by Crippen LogP contribution is 2.36. The fourth-order valence-electron chi connectivity index (χ4n) is 3.91. The van der Waals surface area contributed by atoms with E-state index in [1.807, 2.05) is 12.1 Å². The molecule has 0 spiro atoms. The van der Waals surface area contributed by atoms with Crippen LogP contribution in [0.3, 0.4) is 0 Å². The second-order valence-corrected chi connectivity index (χ2v) is 10.6. The number of alkyl halides is 3. The number of hydrogen-bond donors (Lipinski definition) is 4. The lowest BCUT2D eigenvalue weighted by atomic mass is 9.95. The monoisotopic (exact) mass is 624 g/mol. The van der Waals surface area contributed by atoms with Gasteiger partial charge in [0.15, 0.2) is 5.13 Å². The van der Waals surface area contributed by atoms with Gasteiger partial charge in [-0.1, -0.05) is 34.5 Å². The Hall–Kier alpha value is -2.87. The fraction of sp³-hybridized carbons (Fsp3) is 0.400. The molecule has 218 valence electrons. The predicted molar refractivity (Wildman–Crippen MR) is 146 cm³/mol. The van der Waals surface area contributed by atoms with Gasteiger partial charge in [-0.25, -0.2) is 19.0 Å². The second kappa shape index (κ2) is 14.2. The first-order chi connectivity index (χ1) is 18.8. The van der Waals surface area contributed by atoms with E-state index in [1.54, 1.807) is 13.0 Å². The highest BCUT2D eigenvalue weighted by Gasteiger charge is 2.38. The van der Waals surface area contributed by atoms with E-state index in [0.29, 0.717) is 33.9 Å². The molecule has 0 aliphatic carbocycles. The molecule has 1 saturated heterocycles. The van der Waals surface area contributed by atoms with Crippen LogP contribution in [0.5, 0.6) is 5.75 Å². The van der Waals surface area contributed by atoms with Gasteiger partial charge in [0, 0.05) is 17.1 Å². The number of urea groups is 1. The van der Waals surface area contributed by atoms with Gasteiger partial charge < -0.3 is 20.5 Å². The highest BCUT2D eigenvalue weighted by molar-refractivity contribution is 7.22. The number of amides is 2. The lowest BCUT2D eigenvalue weighted by Gasteiger charge is -2.22. The molecule has 0 saturated carbocycles. The first kappa shape index (κ1) is 31.7. The van der Waals surface area contributed by atoms with Gasteiger partial charge in [0.2, 0.25) is 0 Å². The van der Waals surface area contributed by atoms with Crippen LogP contribution in [-0.2, 0) is 4.79 Å². The van der Waals surface area contributed by atoms with Crippen LogP contribution < -0.4 is 20.7 Å². The van der Waals surface area contributed by atoms with Gasteiger partial charge in [0.25, 0.3) is 0 Å². The maximum absolute atomic E-state index is 13.9. The summed E-state index contributed by atoms with van der Waals surface area (Å²) < 4.78 is 52.4. The summed E-state index contributed by atoms with van der Waals surface area (Å²) in [6, 6.07) is 7.82. The van der Waals surface area contributed by atoms with Crippen LogP contribution in [0.1, 0.15) is 37.9 Å². The minimum absolute atomic E-state index is 0.0495. The van der Waals surface area contributed by atoms with Crippen molar-refractivity contribution in [2.45, 2.75) is 38.5 Å².